The molecule has 0 saturated carbocycles. The maximum Gasteiger partial charge on any atom is 0.140 e. The number of aliphatic hydroxyl groups is 1. The molecule has 0 saturated heterocycles. The number of hydrogen-bond donors (Lipinski definition) is 2. The van der Waals surface area contributed by atoms with E-state index in [0.717, 1.165) is 0 Å². The highest BCUT2D eigenvalue weighted by molar-refractivity contribution is 5.29. The molecule has 0 rings (SSSR count). The number of allylic oxidation sites excluding steroid dienone is 2. The third-order valence-corrected chi connectivity index (χ3v) is 1.13. The Morgan fingerprint density at radius 1 is 1.60 bits per heavy atom. The van der Waals surface area contributed by atoms with Gasteiger partial charge in [0, 0.05) is 7.05 Å². The quantitative estimate of drug-likeness (QED) is 0.461. The molecule has 0 aliphatic carbocycles. The predicted octanol–water partition coefficient (Wildman–Crippen LogP) is 1.74. The normalized spacial score (nSPS) is 11.8. The molecule has 2 nitrogen and oxygen atoms in total. The van der Waals surface area contributed by atoms with E-state index in [9.17, 15) is 5.11 Å². The van der Waals surface area contributed by atoms with Gasteiger partial charge in [0.15, 0.2) is 0 Å². The first-order valence-electron chi connectivity index (χ1n) is 3.02. The van der Waals surface area contributed by atoms with Crippen molar-refractivity contribution < 1.29 is 5.11 Å². The summed E-state index contributed by atoms with van der Waals surface area (Å²) in [4.78, 5) is 0. The second kappa shape index (κ2) is 3.77. The van der Waals surface area contributed by atoms with E-state index in [1.165, 1.54) is 0 Å². The van der Waals surface area contributed by atoms with E-state index in [1.54, 1.807) is 20.0 Å². The SMILES string of the molecule is C=C/C(NC)=C(/O)C(=C)C. The van der Waals surface area contributed by atoms with Gasteiger partial charge in [0.25, 0.3) is 0 Å². The molecule has 2 N–H and O–H groups in total. The lowest BCUT2D eigenvalue weighted by atomic mass is 10.2. The average Bonchev–Trinajstić information content (AvgIpc) is 1.90. The van der Waals surface area contributed by atoms with Gasteiger partial charge in [0.2, 0.25) is 0 Å². The van der Waals surface area contributed by atoms with E-state index in [2.05, 4.69) is 18.5 Å². The van der Waals surface area contributed by atoms with Gasteiger partial charge >= 0.3 is 0 Å². The maximum atomic E-state index is 9.23. The zero-order valence-electron chi connectivity index (χ0n) is 6.44. The highest BCUT2D eigenvalue weighted by Crippen LogP contribution is 2.06. The van der Waals surface area contributed by atoms with Crippen molar-refractivity contribution >= 4 is 0 Å². The molecule has 0 aromatic rings. The van der Waals surface area contributed by atoms with Gasteiger partial charge < -0.3 is 10.4 Å². The van der Waals surface area contributed by atoms with Crippen LogP contribution < -0.4 is 5.32 Å². The molecule has 0 aliphatic heterocycles. The fraction of sp³-hybridized carbons (Fsp3) is 0.250. The van der Waals surface area contributed by atoms with Crippen molar-refractivity contribution in [3.05, 3.63) is 36.3 Å². The van der Waals surface area contributed by atoms with E-state index in [1.807, 2.05) is 0 Å². The van der Waals surface area contributed by atoms with Crippen LogP contribution >= 0.6 is 0 Å². The van der Waals surface area contributed by atoms with E-state index in [-0.39, 0.29) is 5.76 Å². The van der Waals surface area contributed by atoms with Crippen molar-refractivity contribution in [1.29, 1.82) is 0 Å². The van der Waals surface area contributed by atoms with Gasteiger partial charge in [-0.15, -0.1) is 0 Å². The minimum absolute atomic E-state index is 0.164. The Labute approximate surface area is 61.6 Å². The molecule has 0 aliphatic rings. The van der Waals surface area contributed by atoms with Crippen LogP contribution in [0, 0.1) is 0 Å². The summed E-state index contributed by atoms with van der Waals surface area (Å²) >= 11 is 0. The lowest BCUT2D eigenvalue weighted by molar-refractivity contribution is 0.415. The number of hydrogen-bond acceptors (Lipinski definition) is 2. The largest absolute Gasteiger partial charge is 0.506 e. The average molecular weight is 139 g/mol. The summed E-state index contributed by atoms with van der Waals surface area (Å²) in [6.07, 6.45) is 1.55. The van der Waals surface area contributed by atoms with Crippen molar-refractivity contribution in [3.8, 4) is 0 Å². The third kappa shape index (κ3) is 1.97. The van der Waals surface area contributed by atoms with Crippen molar-refractivity contribution in [3.63, 3.8) is 0 Å². The molecule has 0 atom stereocenters. The van der Waals surface area contributed by atoms with Crippen molar-refractivity contribution in [2.24, 2.45) is 0 Å². The van der Waals surface area contributed by atoms with Crippen LogP contribution in [0.25, 0.3) is 0 Å². The van der Waals surface area contributed by atoms with Gasteiger partial charge in [0.1, 0.15) is 5.76 Å². The Hall–Kier alpha value is -1.18. The van der Waals surface area contributed by atoms with Crippen molar-refractivity contribution in [1.82, 2.24) is 5.32 Å². The summed E-state index contributed by atoms with van der Waals surface area (Å²) in [6.45, 7) is 8.82. The van der Waals surface area contributed by atoms with Gasteiger partial charge in [-0.3, -0.25) is 0 Å². The molecule has 0 bridgehead atoms. The van der Waals surface area contributed by atoms with Gasteiger partial charge in [-0.05, 0) is 18.6 Å². The van der Waals surface area contributed by atoms with Crippen molar-refractivity contribution in [2.45, 2.75) is 6.92 Å². The highest BCUT2D eigenvalue weighted by Gasteiger charge is 1.98. The number of rotatable bonds is 3. The second-order valence-electron chi connectivity index (χ2n) is 2.00. The van der Waals surface area contributed by atoms with Gasteiger partial charge in [-0.2, -0.15) is 0 Å². The molecule has 2 heteroatoms. The Kier molecular flexibility index (Phi) is 3.33. The van der Waals surface area contributed by atoms with Crippen LogP contribution in [-0.2, 0) is 0 Å². The Balaban J connectivity index is 4.59. The number of likely N-dealkylation sites (N-methyl/N-ethyl adjacent to an activating group) is 1. The zero-order chi connectivity index (χ0) is 8.15. The minimum atomic E-state index is 0.164. The van der Waals surface area contributed by atoms with E-state index >= 15 is 0 Å². The van der Waals surface area contributed by atoms with Crippen LogP contribution in [0.4, 0.5) is 0 Å². The summed E-state index contributed by atoms with van der Waals surface area (Å²) < 4.78 is 0. The fourth-order valence-corrected chi connectivity index (χ4v) is 0.547. The molecule has 0 radical (unpaired) electrons. The molecule has 0 heterocycles. The van der Waals surface area contributed by atoms with Gasteiger partial charge in [-0.1, -0.05) is 13.2 Å². The Bertz CT molecular complexity index is 180. The third-order valence-electron chi connectivity index (χ3n) is 1.13. The lowest BCUT2D eigenvalue weighted by Crippen LogP contribution is -2.06. The van der Waals surface area contributed by atoms with E-state index in [0.29, 0.717) is 11.3 Å². The summed E-state index contributed by atoms with van der Waals surface area (Å²) in [6, 6.07) is 0. The monoisotopic (exact) mass is 139 g/mol. The second-order valence-corrected chi connectivity index (χ2v) is 2.00. The summed E-state index contributed by atoms with van der Waals surface area (Å²) in [5, 5.41) is 12.0. The predicted molar refractivity (Wildman–Crippen MR) is 43.7 cm³/mol. The summed E-state index contributed by atoms with van der Waals surface area (Å²) in [5.41, 5.74) is 1.23. The first-order chi connectivity index (χ1) is 4.63. The number of nitrogens with one attached hydrogen (secondary N) is 1. The topological polar surface area (TPSA) is 32.3 Å². The van der Waals surface area contributed by atoms with Crippen LogP contribution in [0.3, 0.4) is 0 Å². The molecule has 0 amide bonds. The molecule has 0 spiro atoms. The lowest BCUT2D eigenvalue weighted by Gasteiger charge is -2.04. The van der Waals surface area contributed by atoms with Gasteiger partial charge in [-0.25, -0.2) is 0 Å². The van der Waals surface area contributed by atoms with Crippen LogP contribution in [0.2, 0.25) is 0 Å². The first kappa shape index (κ1) is 8.82. The smallest absolute Gasteiger partial charge is 0.140 e. The summed E-state index contributed by atoms with van der Waals surface area (Å²) in [5.74, 6) is 0.164. The molecule has 0 fully saturated rings. The highest BCUT2D eigenvalue weighted by atomic mass is 16.3. The van der Waals surface area contributed by atoms with Crippen LogP contribution in [0.5, 0.6) is 0 Å². The zero-order valence-corrected chi connectivity index (χ0v) is 6.44. The van der Waals surface area contributed by atoms with Crippen LogP contribution in [-0.4, -0.2) is 12.2 Å². The molecule has 0 aromatic heterocycles. The first-order valence-corrected chi connectivity index (χ1v) is 3.02. The number of aliphatic hydroxyl groups excluding tert-OH is 1. The summed E-state index contributed by atoms with van der Waals surface area (Å²) in [7, 11) is 1.72. The van der Waals surface area contributed by atoms with Crippen molar-refractivity contribution in [2.75, 3.05) is 7.05 Å². The van der Waals surface area contributed by atoms with E-state index in [4.69, 9.17) is 0 Å². The standard InChI is InChI=1S/C8H13NO/c1-5-7(9-4)8(10)6(2)3/h5,9-10H,1-2H2,3-4H3/b8-7-. The molecular formula is C8H13NO. The fourth-order valence-electron chi connectivity index (χ4n) is 0.547. The molecular weight excluding hydrogens is 126 g/mol. The molecule has 56 valence electrons. The minimum Gasteiger partial charge on any atom is -0.506 e. The maximum absolute atomic E-state index is 9.23. The van der Waals surface area contributed by atoms with Crippen LogP contribution in [0.1, 0.15) is 6.92 Å². The van der Waals surface area contributed by atoms with E-state index < -0.39 is 0 Å². The van der Waals surface area contributed by atoms with Gasteiger partial charge in [0.05, 0.1) is 5.70 Å². The Morgan fingerprint density at radius 3 is 2.20 bits per heavy atom. The molecule has 0 aromatic carbocycles. The molecule has 0 unspecified atom stereocenters. The van der Waals surface area contributed by atoms with Crippen LogP contribution in [0.15, 0.2) is 36.3 Å². The molecule has 10 heavy (non-hydrogen) atoms. The Morgan fingerprint density at radius 2 is 2.10 bits per heavy atom.